The van der Waals surface area contributed by atoms with Crippen LogP contribution >= 0.6 is 0 Å². The summed E-state index contributed by atoms with van der Waals surface area (Å²) in [6.45, 7) is 1.85. The van der Waals surface area contributed by atoms with E-state index in [1.54, 1.807) is 23.0 Å². The molecule has 2 aromatic carbocycles. The molecule has 1 heterocycles. The molecule has 0 aliphatic heterocycles. The number of aromatic hydroxyl groups is 1. The molecular formula is C17H15N3O2. The van der Waals surface area contributed by atoms with Crippen molar-refractivity contribution in [3.05, 3.63) is 72.1 Å². The smallest absolute Gasteiger partial charge is 0.259 e. The zero-order valence-electron chi connectivity index (χ0n) is 12.0. The first-order valence-corrected chi connectivity index (χ1v) is 6.85. The Morgan fingerprint density at radius 3 is 2.45 bits per heavy atom. The minimum atomic E-state index is -0.231. The van der Waals surface area contributed by atoms with E-state index in [-0.39, 0.29) is 11.7 Å². The van der Waals surface area contributed by atoms with Crippen molar-refractivity contribution in [2.24, 2.45) is 0 Å². The monoisotopic (exact) mass is 293 g/mol. The van der Waals surface area contributed by atoms with Crippen LogP contribution in [-0.2, 0) is 0 Å². The number of anilines is 1. The van der Waals surface area contributed by atoms with Gasteiger partial charge in [0.15, 0.2) is 0 Å². The van der Waals surface area contributed by atoms with Crippen LogP contribution in [-0.4, -0.2) is 20.8 Å². The van der Waals surface area contributed by atoms with Gasteiger partial charge in [0.1, 0.15) is 5.75 Å². The number of benzene rings is 2. The van der Waals surface area contributed by atoms with E-state index in [9.17, 15) is 9.90 Å². The van der Waals surface area contributed by atoms with E-state index in [1.807, 2.05) is 37.3 Å². The Hall–Kier alpha value is -3.08. The fourth-order valence-electron chi connectivity index (χ4n) is 2.21. The normalized spacial score (nSPS) is 10.4. The van der Waals surface area contributed by atoms with Crippen molar-refractivity contribution >= 4 is 11.6 Å². The fourth-order valence-corrected chi connectivity index (χ4v) is 2.21. The molecule has 3 aromatic rings. The van der Waals surface area contributed by atoms with Crippen molar-refractivity contribution in [2.75, 3.05) is 5.32 Å². The molecule has 5 nitrogen and oxygen atoms in total. The maximum absolute atomic E-state index is 12.3. The molecule has 0 fully saturated rings. The Morgan fingerprint density at radius 1 is 1.09 bits per heavy atom. The Kier molecular flexibility index (Phi) is 3.62. The Morgan fingerprint density at radius 2 is 1.77 bits per heavy atom. The summed E-state index contributed by atoms with van der Waals surface area (Å²) in [5.41, 5.74) is 2.80. The molecule has 2 N–H and O–H groups in total. The summed E-state index contributed by atoms with van der Waals surface area (Å²) in [4.78, 5) is 12.3. The van der Waals surface area contributed by atoms with E-state index >= 15 is 0 Å². The summed E-state index contributed by atoms with van der Waals surface area (Å²) >= 11 is 0. The molecule has 3 rings (SSSR count). The zero-order valence-corrected chi connectivity index (χ0v) is 12.0. The van der Waals surface area contributed by atoms with Gasteiger partial charge in [-0.3, -0.25) is 4.79 Å². The summed E-state index contributed by atoms with van der Waals surface area (Å²) < 4.78 is 1.73. The van der Waals surface area contributed by atoms with Crippen LogP contribution < -0.4 is 5.32 Å². The van der Waals surface area contributed by atoms with Crippen LogP contribution in [0, 0.1) is 6.92 Å². The van der Waals surface area contributed by atoms with Crippen LogP contribution in [0.3, 0.4) is 0 Å². The number of nitrogens with zero attached hydrogens (tertiary/aromatic N) is 2. The quantitative estimate of drug-likeness (QED) is 0.729. The summed E-state index contributed by atoms with van der Waals surface area (Å²) in [6, 6.07) is 16.0. The van der Waals surface area contributed by atoms with Crippen LogP contribution in [0.15, 0.2) is 60.8 Å². The number of rotatable bonds is 3. The topological polar surface area (TPSA) is 67.2 Å². The number of carbonyl (C=O) groups excluding carboxylic acids is 1. The lowest BCUT2D eigenvalue weighted by Gasteiger charge is -2.06. The van der Waals surface area contributed by atoms with Crippen LogP contribution in [0.5, 0.6) is 5.75 Å². The van der Waals surface area contributed by atoms with Gasteiger partial charge in [-0.1, -0.05) is 18.2 Å². The number of hydrogen-bond acceptors (Lipinski definition) is 3. The molecule has 1 amide bonds. The lowest BCUT2D eigenvalue weighted by atomic mass is 10.2. The van der Waals surface area contributed by atoms with Gasteiger partial charge in [-0.2, -0.15) is 5.10 Å². The fraction of sp³-hybridized carbons (Fsp3) is 0.0588. The van der Waals surface area contributed by atoms with Gasteiger partial charge < -0.3 is 10.4 Å². The van der Waals surface area contributed by atoms with Crippen molar-refractivity contribution in [3.8, 4) is 11.4 Å². The number of aromatic nitrogens is 2. The lowest BCUT2D eigenvalue weighted by Crippen LogP contribution is -2.13. The standard InChI is InChI=1S/C17H15N3O2/c1-12-16(11-18-20(12)14-5-3-2-4-6-14)17(22)19-13-7-9-15(21)10-8-13/h2-11,21H,1H3,(H,19,22). The highest BCUT2D eigenvalue weighted by Crippen LogP contribution is 2.17. The molecular weight excluding hydrogens is 278 g/mol. The third-order valence-corrected chi connectivity index (χ3v) is 3.38. The maximum Gasteiger partial charge on any atom is 0.259 e. The van der Waals surface area contributed by atoms with Gasteiger partial charge in [-0.25, -0.2) is 4.68 Å². The second-order valence-corrected chi connectivity index (χ2v) is 4.89. The van der Waals surface area contributed by atoms with Crippen molar-refractivity contribution in [2.45, 2.75) is 6.92 Å². The second kappa shape index (κ2) is 5.73. The number of hydrogen-bond donors (Lipinski definition) is 2. The number of phenolic OH excluding ortho intramolecular Hbond substituents is 1. The molecule has 0 radical (unpaired) electrons. The molecule has 0 spiro atoms. The molecule has 0 unspecified atom stereocenters. The molecule has 0 aliphatic carbocycles. The Labute approximate surface area is 127 Å². The van der Waals surface area contributed by atoms with Crippen LogP contribution in [0.2, 0.25) is 0 Å². The van der Waals surface area contributed by atoms with Gasteiger partial charge in [0.25, 0.3) is 5.91 Å². The molecule has 1 aromatic heterocycles. The van der Waals surface area contributed by atoms with E-state index in [1.165, 1.54) is 12.1 Å². The molecule has 0 saturated carbocycles. The van der Waals surface area contributed by atoms with Crippen molar-refractivity contribution < 1.29 is 9.90 Å². The highest BCUT2D eigenvalue weighted by molar-refractivity contribution is 6.05. The lowest BCUT2D eigenvalue weighted by molar-refractivity contribution is 0.102. The predicted molar refractivity (Wildman–Crippen MR) is 84.4 cm³/mol. The number of amides is 1. The van der Waals surface area contributed by atoms with E-state index in [0.29, 0.717) is 11.3 Å². The van der Waals surface area contributed by atoms with Crippen LogP contribution in [0.25, 0.3) is 5.69 Å². The van der Waals surface area contributed by atoms with E-state index in [0.717, 1.165) is 11.4 Å². The predicted octanol–water partition coefficient (Wildman–Crippen LogP) is 3.14. The van der Waals surface area contributed by atoms with Gasteiger partial charge in [-0.05, 0) is 43.3 Å². The highest BCUT2D eigenvalue weighted by atomic mass is 16.3. The third kappa shape index (κ3) is 2.69. The Balaban J connectivity index is 1.85. The van der Waals surface area contributed by atoms with Gasteiger partial charge >= 0.3 is 0 Å². The SMILES string of the molecule is Cc1c(C(=O)Nc2ccc(O)cc2)cnn1-c1ccccc1. The number of para-hydroxylation sites is 1. The van der Waals surface area contributed by atoms with Crippen molar-refractivity contribution in [1.82, 2.24) is 9.78 Å². The second-order valence-electron chi connectivity index (χ2n) is 4.89. The number of nitrogens with one attached hydrogen (secondary N) is 1. The van der Waals surface area contributed by atoms with E-state index in [2.05, 4.69) is 10.4 Å². The summed E-state index contributed by atoms with van der Waals surface area (Å²) in [6.07, 6.45) is 1.55. The molecule has 5 heteroatoms. The molecule has 110 valence electrons. The summed E-state index contributed by atoms with van der Waals surface area (Å²) in [5, 5.41) is 16.3. The first-order valence-electron chi connectivity index (χ1n) is 6.85. The highest BCUT2D eigenvalue weighted by Gasteiger charge is 2.15. The molecule has 0 aliphatic rings. The van der Waals surface area contributed by atoms with Gasteiger partial charge in [-0.15, -0.1) is 0 Å². The maximum atomic E-state index is 12.3. The van der Waals surface area contributed by atoms with Gasteiger partial charge in [0, 0.05) is 5.69 Å². The van der Waals surface area contributed by atoms with E-state index in [4.69, 9.17) is 0 Å². The largest absolute Gasteiger partial charge is 0.508 e. The zero-order chi connectivity index (χ0) is 15.5. The first kappa shape index (κ1) is 13.9. The minimum Gasteiger partial charge on any atom is -0.508 e. The van der Waals surface area contributed by atoms with Gasteiger partial charge in [0.2, 0.25) is 0 Å². The average Bonchev–Trinajstić information content (AvgIpc) is 2.92. The van der Waals surface area contributed by atoms with Crippen molar-refractivity contribution in [3.63, 3.8) is 0 Å². The van der Waals surface area contributed by atoms with Crippen LogP contribution in [0.1, 0.15) is 16.1 Å². The number of phenols is 1. The molecule has 0 atom stereocenters. The van der Waals surface area contributed by atoms with Crippen molar-refractivity contribution in [1.29, 1.82) is 0 Å². The molecule has 22 heavy (non-hydrogen) atoms. The summed E-state index contributed by atoms with van der Waals surface area (Å²) in [7, 11) is 0. The third-order valence-electron chi connectivity index (χ3n) is 3.38. The number of carbonyl (C=O) groups is 1. The molecule has 0 saturated heterocycles. The van der Waals surface area contributed by atoms with Gasteiger partial charge in [0.05, 0.1) is 23.1 Å². The average molecular weight is 293 g/mol. The van der Waals surface area contributed by atoms with Crippen LogP contribution in [0.4, 0.5) is 5.69 Å². The van der Waals surface area contributed by atoms with E-state index < -0.39 is 0 Å². The minimum absolute atomic E-state index is 0.158. The summed E-state index contributed by atoms with van der Waals surface area (Å²) in [5.74, 6) is -0.0727. The Bertz CT molecular complexity index is 793. The first-order chi connectivity index (χ1) is 10.6. The molecule has 0 bridgehead atoms.